The van der Waals surface area contributed by atoms with Crippen molar-refractivity contribution >= 4 is 5.97 Å². The van der Waals surface area contributed by atoms with Gasteiger partial charge in [0.05, 0.1) is 0 Å². The van der Waals surface area contributed by atoms with Crippen LogP contribution in [0.2, 0.25) is 0 Å². The first kappa shape index (κ1) is 24.5. The second kappa shape index (κ2) is 9.21. The van der Waals surface area contributed by atoms with E-state index in [1.165, 1.54) is 64.7 Å². The Balaban J connectivity index is 1.46. The highest BCUT2D eigenvalue weighted by molar-refractivity contribution is 5.66. The highest BCUT2D eigenvalue weighted by atomic mass is 19.1. The van der Waals surface area contributed by atoms with E-state index in [1.54, 1.807) is 0 Å². The summed E-state index contributed by atoms with van der Waals surface area (Å²) in [5, 5.41) is 0. The molecule has 4 aliphatic rings. The summed E-state index contributed by atoms with van der Waals surface area (Å²) >= 11 is 0. The largest absolute Gasteiger partial charge is 0.459 e. The van der Waals surface area contributed by atoms with Crippen molar-refractivity contribution in [2.24, 2.45) is 52.3 Å². The van der Waals surface area contributed by atoms with E-state index in [4.69, 9.17) is 4.74 Å². The zero-order valence-electron chi connectivity index (χ0n) is 21.7. The molecule has 4 saturated carbocycles. The second-order valence-corrected chi connectivity index (χ2v) is 13.3. The molecule has 0 aromatic heterocycles. The Morgan fingerprint density at radius 3 is 2.41 bits per heavy atom. The summed E-state index contributed by atoms with van der Waals surface area (Å²) in [4.78, 5) is 11.5. The van der Waals surface area contributed by atoms with Crippen molar-refractivity contribution in [3.05, 3.63) is 0 Å². The van der Waals surface area contributed by atoms with Crippen molar-refractivity contribution < 1.29 is 13.9 Å². The summed E-state index contributed by atoms with van der Waals surface area (Å²) < 4.78 is 20.6. The summed E-state index contributed by atoms with van der Waals surface area (Å²) in [5.74, 6) is 4.98. The van der Waals surface area contributed by atoms with Crippen molar-refractivity contribution in [2.75, 3.05) is 0 Å². The van der Waals surface area contributed by atoms with E-state index in [-0.39, 0.29) is 11.4 Å². The predicted octanol–water partition coefficient (Wildman–Crippen LogP) is 7.99. The van der Waals surface area contributed by atoms with Gasteiger partial charge in [0, 0.05) is 6.92 Å². The minimum atomic E-state index is -0.996. The van der Waals surface area contributed by atoms with E-state index in [1.807, 2.05) is 0 Å². The summed E-state index contributed by atoms with van der Waals surface area (Å²) in [6.07, 6.45) is 11.9. The van der Waals surface area contributed by atoms with Gasteiger partial charge in [0.15, 0.2) is 0 Å². The molecule has 10 atom stereocenters. The number of halogens is 1. The molecule has 0 aliphatic heterocycles. The summed E-state index contributed by atoms with van der Waals surface area (Å²) in [6, 6.07) is 0. The molecule has 0 aromatic carbocycles. The van der Waals surface area contributed by atoms with E-state index in [0.29, 0.717) is 23.7 Å². The van der Waals surface area contributed by atoms with E-state index in [2.05, 4.69) is 34.6 Å². The van der Waals surface area contributed by atoms with Crippen LogP contribution in [0.4, 0.5) is 4.39 Å². The SMILES string of the molecule is CC(=O)O[C@@H]1C[C@@H]2CC[C@@H]3[C@H](CC[C@]4(C)[C@@H]([C@H](C)CCCC(C)C)CC[C@@H]34)[C@@]2(C)C[C@@H]1F. The Kier molecular flexibility index (Phi) is 7.06. The molecule has 0 heterocycles. The van der Waals surface area contributed by atoms with Gasteiger partial charge in [-0.2, -0.15) is 0 Å². The quantitative estimate of drug-likeness (QED) is 0.385. The normalized spacial score (nSPS) is 46.8. The molecule has 0 saturated heterocycles. The maximum Gasteiger partial charge on any atom is 0.303 e. The van der Waals surface area contributed by atoms with Gasteiger partial charge in [0.1, 0.15) is 12.3 Å². The highest BCUT2D eigenvalue weighted by Crippen LogP contribution is 2.68. The average Bonchev–Trinajstić information content (AvgIpc) is 3.05. The minimum Gasteiger partial charge on any atom is -0.459 e. The number of carbonyl (C=O) groups is 1. The van der Waals surface area contributed by atoms with Crippen LogP contribution in [0.3, 0.4) is 0 Å². The first-order valence-corrected chi connectivity index (χ1v) is 13.9. The van der Waals surface area contributed by atoms with Crippen LogP contribution in [0.15, 0.2) is 0 Å². The first-order valence-electron chi connectivity index (χ1n) is 13.9. The molecule has 0 unspecified atom stereocenters. The number of alkyl halides is 1. The van der Waals surface area contributed by atoms with E-state index in [0.717, 1.165) is 36.0 Å². The lowest BCUT2D eigenvalue weighted by atomic mass is 9.44. The number of ether oxygens (including phenoxy) is 1. The third kappa shape index (κ3) is 4.28. The molecular weight excluding hydrogens is 399 g/mol. The fourth-order valence-electron chi connectivity index (χ4n) is 9.58. The fraction of sp³-hybridized carbons (Fsp3) is 0.966. The molecule has 0 radical (unpaired) electrons. The number of hydrogen-bond donors (Lipinski definition) is 0. The van der Waals surface area contributed by atoms with Gasteiger partial charge in [-0.3, -0.25) is 4.79 Å². The van der Waals surface area contributed by atoms with Crippen molar-refractivity contribution in [1.82, 2.24) is 0 Å². The van der Waals surface area contributed by atoms with Gasteiger partial charge < -0.3 is 4.74 Å². The van der Waals surface area contributed by atoms with Gasteiger partial charge in [-0.15, -0.1) is 0 Å². The summed E-state index contributed by atoms with van der Waals surface area (Å²) in [7, 11) is 0. The molecule has 32 heavy (non-hydrogen) atoms. The number of hydrogen-bond acceptors (Lipinski definition) is 2. The molecule has 0 amide bonds. The van der Waals surface area contributed by atoms with E-state index >= 15 is 4.39 Å². The second-order valence-electron chi connectivity index (χ2n) is 13.3. The third-order valence-electron chi connectivity index (χ3n) is 11.1. The Bertz CT molecular complexity index is 676. The smallest absolute Gasteiger partial charge is 0.303 e. The van der Waals surface area contributed by atoms with Crippen molar-refractivity contribution in [3.63, 3.8) is 0 Å². The molecule has 0 aromatic rings. The molecule has 0 N–H and O–H groups in total. The van der Waals surface area contributed by atoms with Gasteiger partial charge in [0.2, 0.25) is 0 Å². The Labute approximate surface area is 196 Å². The van der Waals surface area contributed by atoms with Crippen LogP contribution in [-0.2, 0) is 9.53 Å². The lowest BCUT2D eigenvalue weighted by Gasteiger charge is -2.61. The van der Waals surface area contributed by atoms with Crippen LogP contribution in [0, 0.1) is 52.3 Å². The Morgan fingerprint density at radius 2 is 1.72 bits per heavy atom. The van der Waals surface area contributed by atoms with Gasteiger partial charge in [0.25, 0.3) is 0 Å². The Hall–Kier alpha value is -0.600. The van der Waals surface area contributed by atoms with E-state index < -0.39 is 12.3 Å². The number of esters is 1. The lowest BCUT2D eigenvalue weighted by Crippen LogP contribution is -2.56. The van der Waals surface area contributed by atoms with Crippen molar-refractivity contribution in [1.29, 1.82) is 0 Å². The van der Waals surface area contributed by atoms with Gasteiger partial charge in [-0.1, -0.05) is 53.9 Å². The molecule has 3 heteroatoms. The first-order chi connectivity index (χ1) is 15.1. The lowest BCUT2D eigenvalue weighted by molar-refractivity contribution is -0.173. The predicted molar refractivity (Wildman–Crippen MR) is 129 cm³/mol. The van der Waals surface area contributed by atoms with Gasteiger partial charge in [-0.05, 0) is 104 Å². The zero-order valence-corrected chi connectivity index (χ0v) is 21.7. The maximum atomic E-state index is 15.2. The van der Waals surface area contributed by atoms with Crippen LogP contribution in [0.1, 0.15) is 112 Å². The molecular formula is C29H49FO2. The average molecular weight is 449 g/mol. The molecule has 2 nitrogen and oxygen atoms in total. The van der Waals surface area contributed by atoms with Gasteiger partial charge >= 0.3 is 5.97 Å². The number of carbonyl (C=O) groups excluding carboxylic acids is 1. The standard InChI is InChI=1S/C29H49FO2/c1-18(2)8-7-9-19(3)23-12-13-24-22-11-10-21-16-27(32-20(4)31)26(30)17-29(21,6)25(22)14-15-28(23,24)5/h18-19,21-27H,7-17H2,1-6H3/t19-,21+,22+,23-,24+,25+,26+,27-,28-,29+/m1/s1. The monoisotopic (exact) mass is 448 g/mol. The topological polar surface area (TPSA) is 26.3 Å². The molecule has 4 fully saturated rings. The molecule has 184 valence electrons. The van der Waals surface area contributed by atoms with Crippen LogP contribution >= 0.6 is 0 Å². The van der Waals surface area contributed by atoms with Gasteiger partial charge in [-0.25, -0.2) is 4.39 Å². The van der Waals surface area contributed by atoms with E-state index in [9.17, 15) is 4.79 Å². The Morgan fingerprint density at radius 1 is 1.00 bits per heavy atom. The summed E-state index contributed by atoms with van der Waals surface area (Å²) in [5.41, 5.74) is 0.576. The van der Waals surface area contributed by atoms with Crippen LogP contribution in [0.25, 0.3) is 0 Å². The number of fused-ring (bicyclic) bond motifs is 5. The van der Waals surface area contributed by atoms with Crippen LogP contribution in [-0.4, -0.2) is 18.2 Å². The molecule has 0 bridgehead atoms. The maximum absolute atomic E-state index is 15.2. The highest BCUT2D eigenvalue weighted by Gasteiger charge is 2.61. The van der Waals surface area contributed by atoms with Crippen molar-refractivity contribution in [2.45, 2.75) is 124 Å². The minimum absolute atomic E-state index is 0.0846. The van der Waals surface area contributed by atoms with Crippen molar-refractivity contribution in [3.8, 4) is 0 Å². The molecule has 4 aliphatic carbocycles. The van der Waals surface area contributed by atoms with Crippen LogP contribution in [0.5, 0.6) is 0 Å². The summed E-state index contributed by atoms with van der Waals surface area (Å²) in [6.45, 7) is 13.7. The molecule has 0 spiro atoms. The zero-order chi connectivity index (χ0) is 23.3. The number of rotatable bonds is 6. The van der Waals surface area contributed by atoms with Crippen LogP contribution < -0.4 is 0 Å². The molecule has 4 rings (SSSR count). The fourth-order valence-corrected chi connectivity index (χ4v) is 9.58. The third-order valence-corrected chi connectivity index (χ3v) is 11.1.